The van der Waals surface area contributed by atoms with Crippen molar-refractivity contribution in [2.45, 2.75) is 13.8 Å². The van der Waals surface area contributed by atoms with Crippen molar-refractivity contribution in [3.8, 4) is 34.7 Å². The molecule has 0 saturated heterocycles. The van der Waals surface area contributed by atoms with Gasteiger partial charge in [0.2, 0.25) is 0 Å². The largest absolute Gasteiger partial charge is 0.294 e. The van der Waals surface area contributed by atoms with Crippen LogP contribution in [-0.2, 0) is 0 Å². The Morgan fingerprint density at radius 2 is 0.485 bits per heavy atom. The smallest absolute Gasteiger partial charge is 0.140 e. The van der Waals surface area contributed by atoms with Gasteiger partial charge in [-0.2, -0.15) is 0 Å². The maximum absolute atomic E-state index is 5.45. The van der Waals surface area contributed by atoms with Crippen LogP contribution < -0.4 is 0 Å². The van der Waals surface area contributed by atoms with Crippen LogP contribution in [0.1, 0.15) is 13.8 Å². The molecule has 7 aromatic carbocycles. The summed E-state index contributed by atoms with van der Waals surface area (Å²) in [6.45, 7) is 4.00. The van der Waals surface area contributed by atoms with Crippen molar-refractivity contribution in [2.24, 2.45) is 0 Å². The molecule has 7 heteroatoms. The summed E-state index contributed by atoms with van der Waals surface area (Å²) >= 11 is 0. The highest BCUT2D eigenvalue weighted by Gasteiger charge is 2.22. The first-order chi connectivity index (χ1) is 32.8. The van der Waals surface area contributed by atoms with Gasteiger partial charge in [0, 0.05) is 43.1 Å². The zero-order valence-corrected chi connectivity index (χ0v) is 36.3. The summed E-state index contributed by atoms with van der Waals surface area (Å²) in [5.41, 5.74) is 10.5. The van der Waals surface area contributed by atoms with Crippen LogP contribution in [0.4, 0.5) is 0 Å². The zero-order valence-electron chi connectivity index (χ0n) is 36.3. The molecule has 14 rings (SSSR count). The first-order valence-electron chi connectivity index (χ1n) is 22.6. The summed E-state index contributed by atoms with van der Waals surface area (Å²) in [5, 5.41) is 9.54. The van der Waals surface area contributed by atoms with Crippen molar-refractivity contribution in [1.82, 2.24) is 33.2 Å². The maximum Gasteiger partial charge on any atom is 0.140 e. The molecule has 66 heavy (non-hydrogen) atoms. The van der Waals surface area contributed by atoms with Crippen LogP contribution in [0.2, 0.25) is 0 Å². The summed E-state index contributed by atoms with van der Waals surface area (Å²) < 4.78 is 9.16. The molecular weight excluding hydrogens is 807 g/mol. The number of fused-ring (bicyclic) bond motifs is 13. The highest BCUT2D eigenvalue weighted by molar-refractivity contribution is 6.29. The van der Waals surface area contributed by atoms with Gasteiger partial charge in [0.15, 0.2) is 0 Å². The van der Waals surface area contributed by atoms with Crippen molar-refractivity contribution < 1.29 is 0 Å². The van der Waals surface area contributed by atoms with Crippen molar-refractivity contribution in [2.75, 3.05) is 0 Å². The van der Waals surface area contributed by atoms with E-state index in [9.17, 15) is 0 Å². The number of rotatable bonds is 5. The van der Waals surface area contributed by atoms with Crippen LogP contribution >= 0.6 is 0 Å². The molecule has 0 saturated carbocycles. The molecule has 0 unspecified atom stereocenters. The fraction of sp³-hybridized carbons (Fsp3) is 0.0339. The first kappa shape index (κ1) is 37.7. The van der Waals surface area contributed by atoms with Crippen LogP contribution in [0.15, 0.2) is 212 Å². The van der Waals surface area contributed by atoms with E-state index >= 15 is 0 Å². The molecule has 7 heterocycles. The van der Waals surface area contributed by atoms with Crippen LogP contribution in [0, 0.1) is 0 Å². The third-order valence-corrected chi connectivity index (χ3v) is 13.0. The molecule has 0 atom stereocenters. The molecule has 0 aliphatic heterocycles. The molecule has 312 valence electrons. The van der Waals surface area contributed by atoms with Gasteiger partial charge < -0.3 is 0 Å². The number of aromatic nitrogens is 7. The van der Waals surface area contributed by atoms with Gasteiger partial charge >= 0.3 is 0 Å². The number of nitrogens with zero attached hydrogens (tertiary/aromatic N) is 7. The summed E-state index contributed by atoms with van der Waals surface area (Å²) in [5.74, 6) is 3.42. The lowest BCUT2D eigenvalue weighted by Gasteiger charge is -2.12. The van der Waals surface area contributed by atoms with E-state index in [1.807, 2.05) is 13.8 Å². The van der Waals surface area contributed by atoms with Crippen molar-refractivity contribution in [3.63, 3.8) is 0 Å². The normalized spacial score (nSPS) is 11.8. The van der Waals surface area contributed by atoms with Crippen LogP contribution in [0.5, 0.6) is 0 Å². The number of hydrogen-bond donors (Lipinski definition) is 0. The Bertz CT molecular complexity index is 4110. The van der Waals surface area contributed by atoms with Gasteiger partial charge in [0.05, 0.1) is 55.5 Å². The Balaban J connectivity index is 0.00000215. The van der Waals surface area contributed by atoms with Gasteiger partial charge in [-0.1, -0.05) is 141 Å². The van der Waals surface area contributed by atoms with E-state index in [0.717, 1.165) is 84.2 Å². The van der Waals surface area contributed by atoms with E-state index in [1.54, 1.807) is 0 Å². The molecule has 7 nitrogen and oxygen atoms in total. The average molecular weight is 848 g/mol. The molecule has 0 aliphatic carbocycles. The van der Waals surface area contributed by atoms with Gasteiger partial charge in [-0.15, -0.1) is 0 Å². The Morgan fingerprint density at radius 3 is 0.833 bits per heavy atom. The van der Waals surface area contributed by atoms with Crippen molar-refractivity contribution in [3.05, 3.63) is 212 Å². The van der Waals surface area contributed by atoms with E-state index in [1.165, 1.54) is 37.7 Å². The average Bonchev–Trinajstić information content (AvgIpc) is 4.12. The Labute approximate surface area is 379 Å². The highest BCUT2D eigenvalue weighted by Crippen LogP contribution is 2.42. The minimum absolute atomic E-state index is 0.804. The number of pyridine rings is 3. The second kappa shape index (κ2) is 14.9. The number of benzene rings is 7. The van der Waals surface area contributed by atoms with Crippen LogP contribution in [0.3, 0.4) is 0 Å². The molecule has 0 N–H and O–H groups in total. The molecule has 0 amide bonds. The predicted molar refractivity (Wildman–Crippen MR) is 274 cm³/mol. The van der Waals surface area contributed by atoms with Gasteiger partial charge in [-0.3, -0.25) is 18.3 Å². The standard InChI is InChI=1S/C57H35N7.C2H6/c1-7-24-44-36(16-1)37-17-2-8-25-45(37)61(44)52-30-13-22-42(58-52)43-23-14-31-53(59-43)63-48-28-11-5-20-40(48)56-50(63)34-35-51-57(56)41-21-6-12-29-49(41)64(51)55-33-15-32-54(60-55)62-46-26-9-3-18-38(46)39-19-4-10-27-47(39)62;1-2/h1-35H;1-2H3. The third kappa shape index (κ3) is 5.47. The SMILES string of the molecule is CC.c1cc(-c2cccc(-n3c4ccccc4c4c5c6ccccc6n(-c6cccc(-n7c8ccccc8c8ccccc87)n6)c5ccc43)n2)nc(-n2c3ccccc3c3ccccc32)c1. The monoisotopic (exact) mass is 847 g/mol. The zero-order chi connectivity index (χ0) is 43.9. The number of hydrogen-bond acceptors (Lipinski definition) is 3. The van der Waals surface area contributed by atoms with Crippen molar-refractivity contribution >= 4 is 87.2 Å². The summed E-state index contributed by atoms with van der Waals surface area (Å²) in [6, 6.07) is 75.0. The van der Waals surface area contributed by atoms with E-state index in [4.69, 9.17) is 15.0 Å². The Kier molecular flexibility index (Phi) is 8.51. The van der Waals surface area contributed by atoms with E-state index < -0.39 is 0 Å². The molecule has 7 aromatic heterocycles. The fourth-order valence-electron chi connectivity index (χ4n) is 10.4. The molecule has 0 bridgehead atoms. The van der Waals surface area contributed by atoms with E-state index in [-0.39, 0.29) is 0 Å². The van der Waals surface area contributed by atoms with Gasteiger partial charge in [0.1, 0.15) is 23.3 Å². The Hall–Kier alpha value is -8.81. The topological polar surface area (TPSA) is 58.4 Å². The minimum atomic E-state index is 0.804. The Morgan fingerprint density at radius 1 is 0.227 bits per heavy atom. The van der Waals surface area contributed by atoms with Crippen molar-refractivity contribution in [1.29, 1.82) is 0 Å². The molecule has 0 spiro atoms. The second-order valence-corrected chi connectivity index (χ2v) is 16.4. The summed E-state index contributed by atoms with van der Waals surface area (Å²) in [4.78, 5) is 16.1. The third-order valence-electron chi connectivity index (χ3n) is 13.0. The van der Waals surface area contributed by atoms with Gasteiger partial charge in [0.25, 0.3) is 0 Å². The minimum Gasteiger partial charge on any atom is -0.294 e. The van der Waals surface area contributed by atoms with Crippen LogP contribution in [-0.4, -0.2) is 33.2 Å². The lowest BCUT2D eigenvalue weighted by molar-refractivity contribution is 1.01. The van der Waals surface area contributed by atoms with Crippen LogP contribution in [0.25, 0.3) is 122 Å². The number of para-hydroxylation sites is 6. The lowest BCUT2D eigenvalue weighted by atomic mass is 10.1. The van der Waals surface area contributed by atoms with E-state index in [0.29, 0.717) is 0 Å². The quantitative estimate of drug-likeness (QED) is 0.173. The maximum atomic E-state index is 5.45. The van der Waals surface area contributed by atoms with Gasteiger partial charge in [-0.05, 0) is 84.9 Å². The highest BCUT2D eigenvalue weighted by atomic mass is 15.1. The summed E-state index contributed by atoms with van der Waals surface area (Å²) in [7, 11) is 0. The fourth-order valence-corrected chi connectivity index (χ4v) is 10.4. The molecule has 0 fully saturated rings. The molecule has 14 aromatic rings. The molecule has 0 aliphatic rings. The summed E-state index contributed by atoms with van der Waals surface area (Å²) in [6.07, 6.45) is 0. The van der Waals surface area contributed by atoms with E-state index in [2.05, 4.69) is 231 Å². The second-order valence-electron chi connectivity index (χ2n) is 16.4. The lowest BCUT2D eigenvalue weighted by Crippen LogP contribution is -2.03. The first-order valence-corrected chi connectivity index (χ1v) is 22.6. The molecule has 0 radical (unpaired) electrons. The predicted octanol–water partition coefficient (Wildman–Crippen LogP) is 15.0. The van der Waals surface area contributed by atoms with Gasteiger partial charge in [-0.25, -0.2) is 15.0 Å². The molecular formula is C59H41N7.